The van der Waals surface area contributed by atoms with E-state index in [0.717, 1.165) is 11.1 Å². The molecule has 0 spiro atoms. The number of ether oxygens (including phenoxy) is 2. The Morgan fingerprint density at radius 1 is 1.00 bits per heavy atom. The minimum absolute atomic E-state index is 0.273. The highest BCUT2D eigenvalue weighted by Crippen LogP contribution is 2.30. The number of nitrogens with one attached hydrogen (secondary N) is 1. The highest BCUT2D eigenvalue weighted by molar-refractivity contribution is 7.89. The van der Waals surface area contributed by atoms with Gasteiger partial charge in [0.05, 0.1) is 19.1 Å². The van der Waals surface area contributed by atoms with Gasteiger partial charge in [0.1, 0.15) is 0 Å². The summed E-state index contributed by atoms with van der Waals surface area (Å²) in [5, 5.41) is 0. The second kappa shape index (κ2) is 8.36. The lowest BCUT2D eigenvalue weighted by atomic mass is 10.0. The molecular formula is C19H25NO4S. The maximum absolute atomic E-state index is 12.4. The van der Waals surface area contributed by atoms with Gasteiger partial charge in [-0.1, -0.05) is 38.1 Å². The van der Waals surface area contributed by atoms with Crippen molar-refractivity contribution in [3.63, 3.8) is 0 Å². The van der Waals surface area contributed by atoms with Crippen molar-refractivity contribution in [2.24, 2.45) is 0 Å². The summed E-state index contributed by atoms with van der Waals surface area (Å²) < 4.78 is 38.1. The Morgan fingerprint density at radius 3 is 2.24 bits per heavy atom. The van der Waals surface area contributed by atoms with Crippen LogP contribution >= 0.6 is 0 Å². The van der Waals surface area contributed by atoms with E-state index in [-0.39, 0.29) is 11.4 Å². The van der Waals surface area contributed by atoms with E-state index < -0.39 is 10.0 Å². The van der Waals surface area contributed by atoms with Gasteiger partial charge in [-0.05, 0) is 41.7 Å². The molecule has 2 aromatic carbocycles. The fraction of sp³-hybridized carbons (Fsp3) is 0.368. The largest absolute Gasteiger partial charge is 0.493 e. The SMILES string of the molecule is COc1cccc(CCNS(=O)(=O)c2ccc(C(C)C)cc2)c1OC. The monoisotopic (exact) mass is 363 g/mol. The molecule has 0 aliphatic heterocycles. The summed E-state index contributed by atoms with van der Waals surface area (Å²) in [6.45, 7) is 4.42. The predicted octanol–water partition coefficient (Wildman–Crippen LogP) is 3.35. The van der Waals surface area contributed by atoms with Crippen LogP contribution in [0.5, 0.6) is 11.5 Å². The van der Waals surface area contributed by atoms with Crippen LogP contribution in [-0.2, 0) is 16.4 Å². The van der Waals surface area contributed by atoms with Gasteiger partial charge in [0.2, 0.25) is 10.0 Å². The van der Waals surface area contributed by atoms with Crippen LogP contribution in [0.3, 0.4) is 0 Å². The highest BCUT2D eigenvalue weighted by Gasteiger charge is 2.15. The quantitative estimate of drug-likeness (QED) is 0.781. The number of benzene rings is 2. The lowest BCUT2D eigenvalue weighted by Gasteiger charge is -2.13. The molecule has 0 atom stereocenters. The molecule has 25 heavy (non-hydrogen) atoms. The molecule has 1 N–H and O–H groups in total. The van der Waals surface area contributed by atoms with Gasteiger partial charge in [0, 0.05) is 6.54 Å². The van der Waals surface area contributed by atoms with Gasteiger partial charge < -0.3 is 9.47 Å². The summed E-state index contributed by atoms with van der Waals surface area (Å²) in [5.41, 5.74) is 2.00. The number of sulfonamides is 1. The van der Waals surface area contributed by atoms with Crippen LogP contribution in [0.15, 0.2) is 47.4 Å². The van der Waals surface area contributed by atoms with Crippen LogP contribution < -0.4 is 14.2 Å². The highest BCUT2D eigenvalue weighted by atomic mass is 32.2. The molecule has 0 aromatic heterocycles. The van der Waals surface area contributed by atoms with E-state index in [1.54, 1.807) is 26.4 Å². The van der Waals surface area contributed by atoms with Crippen LogP contribution in [0, 0.1) is 0 Å². The normalized spacial score (nSPS) is 11.6. The fourth-order valence-corrected chi connectivity index (χ4v) is 3.62. The first-order chi connectivity index (χ1) is 11.9. The van der Waals surface area contributed by atoms with E-state index in [1.165, 1.54) is 0 Å². The molecular weight excluding hydrogens is 338 g/mol. The van der Waals surface area contributed by atoms with Crippen molar-refractivity contribution in [1.82, 2.24) is 4.72 Å². The van der Waals surface area contributed by atoms with E-state index >= 15 is 0 Å². The summed E-state index contributed by atoms with van der Waals surface area (Å²) in [6.07, 6.45) is 0.504. The molecule has 0 unspecified atom stereocenters. The van der Waals surface area contributed by atoms with Gasteiger partial charge in [-0.25, -0.2) is 13.1 Å². The fourth-order valence-electron chi connectivity index (χ4n) is 2.59. The van der Waals surface area contributed by atoms with E-state index in [9.17, 15) is 8.42 Å². The lowest BCUT2D eigenvalue weighted by molar-refractivity contribution is 0.351. The first-order valence-electron chi connectivity index (χ1n) is 8.18. The Morgan fingerprint density at radius 2 is 1.68 bits per heavy atom. The molecule has 6 heteroatoms. The molecule has 5 nitrogen and oxygen atoms in total. The summed E-state index contributed by atoms with van der Waals surface area (Å²) in [5.74, 6) is 1.63. The molecule has 2 rings (SSSR count). The number of para-hydroxylation sites is 1. The van der Waals surface area contributed by atoms with E-state index in [1.807, 2.05) is 30.3 Å². The molecule has 0 radical (unpaired) electrons. The van der Waals surface area contributed by atoms with E-state index in [0.29, 0.717) is 23.8 Å². The van der Waals surface area contributed by atoms with Crippen molar-refractivity contribution in [3.05, 3.63) is 53.6 Å². The van der Waals surface area contributed by atoms with E-state index in [2.05, 4.69) is 18.6 Å². The molecule has 0 fully saturated rings. The zero-order chi connectivity index (χ0) is 18.4. The van der Waals surface area contributed by atoms with Crippen LogP contribution in [0.4, 0.5) is 0 Å². The summed E-state index contributed by atoms with van der Waals surface area (Å²) in [6, 6.07) is 12.5. The molecule has 0 bridgehead atoms. The van der Waals surface area contributed by atoms with E-state index in [4.69, 9.17) is 9.47 Å². The number of hydrogen-bond acceptors (Lipinski definition) is 4. The average Bonchev–Trinajstić information content (AvgIpc) is 2.61. The van der Waals surface area contributed by atoms with Gasteiger partial charge in [0.25, 0.3) is 0 Å². The Bertz CT molecular complexity index is 799. The van der Waals surface area contributed by atoms with Gasteiger partial charge in [-0.15, -0.1) is 0 Å². The van der Waals surface area contributed by atoms with Crippen molar-refractivity contribution in [3.8, 4) is 11.5 Å². The van der Waals surface area contributed by atoms with Crippen molar-refractivity contribution in [2.45, 2.75) is 31.1 Å². The number of rotatable bonds is 8. The van der Waals surface area contributed by atoms with Gasteiger partial charge in [-0.2, -0.15) is 0 Å². The molecule has 0 heterocycles. The number of hydrogen-bond donors (Lipinski definition) is 1. The van der Waals surface area contributed by atoms with Crippen molar-refractivity contribution < 1.29 is 17.9 Å². The van der Waals surface area contributed by atoms with Crippen molar-refractivity contribution in [1.29, 1.82) is 0 Å². The third kappa shape index (κ3) is 4.74. The van der Waals surface area contributed by atoms with Gasteiger partial charge in [0.15, 0.2) is 11.5 Å². The maximum Gasteiger partial charge on any atom is 0.240 e. The number of methoxy groups -OCH3 is 2. The van der Waals surface area contributed by atoms with Gasteiger partial charge >= 0.3 is 0 Å². The van der Waals surface area contributed by atoms with Gasteiger partial charge in [-0.3, -0.25) is 0 Å². The topological polar surface area (TPSA) is 64.6 Å². The Hall–Kier alpha value is -2.05. The zero-order valence-corrected chi connectivity index (χ0v) is 15.9. The van der Waals surface area contributed by atoms with Crippen LogP contribution in [0.1, 0.15) is 30.9 Å². The first kappa shape index (κ1) is 19.3. The van der Waals surface area contributed by atoms with Crippen LogP contribution in [0.25, 0.3) is 0 Å². The predicted molar refractivity (Wildman–Crippen MR) is 99.0 cm³/mol. The third-order valence-corrected chi connectivity index (χ3v) is 5.50. The molecule has 2 aromatic rings. The summed E-state index contributed by atoms with van der Waals surface area (Å²) in [4.78, 5) is 0.273. The second-order valence-corrected chi connectivity index (χ2v) is 7.79. The Balaban J connectivity index is 2.06. The lowest BCUT2D eigenvalue weighted by Crippen LogP contribution is -2.26. The average molecular weight is 363 g/mol. The molecule has 0 amide bonds. The van der Waals surface area contributed by atoms with Crippen LogP contribution in [0.2, 0.25) is 0 Å². The molecule has 0 aliphatic rings. The van der Waals surface area contributed by atoms with Crippen LogP contribution in [-0.4, -0.2) is 29.2 Å². The third-order valence-electron chi connectivity index (χ3n) is 4.03. The Labute approximate surface area is 150 Å². The Kier molecular flexibility index (Phi) is 6.45. The molecule has 0 aliphatic carbocycles. The summed E-state index contributed by atoms with van der Waals surface area (Å²) in [7, 11) is -0.384. The first-order valence-corrected chi connectivity index (χ1v) is 9.67. The summed E-state index contributed by atoms with van der Waals surface area (Å²) >= 11 is 0. The zero-order valence-electron chi connectivity index (χ0n) is 15.1. The molecule has 0 saturated carbocycles. The molecule has 0 saturated heterocycles. The molecule has 136 valence electrons. The van der Waals surface area contributed by atoms with Crippen molar-refractivity contribution in [2.75, 3.05) is 20.8 Å². The maximum atomic E-state index is 12.4. The smallest absolute Gasteiger partial charge is 0.240 e. The second-order valence-electron chi connectivity index (χ2n) is 6.02. The standard InChI is InChI=1S/C19H25NO4S/c1-14(2)15-8-10-17(11-9-15)25(21,22)20-13-12-16-6-5-7-18(23-3)19(16)24-4/h5-11,14,20H,12-13H2,1-4H3. The minimum Gasteiger partial charge on any atom is -0.493 e. The minimum atomic E-state index is -3.53. The van der Waals surface area contributed by atoms with Crippen molar-refractivity contribution >= 4 is 10.0 Å².